The molecule has 0 saturated heterocycles. The molecule has 1 aromatic rings. The van der Waals surface area contributed by atoms with Gasteiger partial charge >= 0.3 is 0 Å². The van der Waals surface area contributed by atoms with Crippen LogP contribution in [0.1, 0.15) is 43.9 Å². The fourth-order valence-corrected chi connectivity index (χ4v) is 2.86. The van der Waals surface area contributed by atoms with Crippen LogP contribution in [-0.2, 0) is 4.79 Å². The van der Waals surface area contributed by atoms with Gasteiger partial charge in [-0.05, 0) is 44.7 Å². The van der Waals surface area contributed by atoms with Crippen LogP contribution in [0.2, 0.25) is 0 Å². The van der Waals surface area contributed by atoms with Gasteiger partial charge in [0.1, 0.15) is 5.54 Å². The lowest BCUT2D eigenvalue weighted by Crippen LogP contribution is -2.50. The zero-order chi connectivity index (χ0) is 17.7. The predicted octanol–water partition coefficient (Wildman–Crippen LogP) is 2.16. The summed E-state index contributed by atoms with van der Waals surface area (Å²) in [6.45, 7) is 6.98. The fraction of sp³-hybridized carbons (Fsp3) is 0.579. The van der Waals surface area contributed by atoms with Gasteiger partial charge in [-0.15, -0.1) is 0 Å². The molecule has 5 heteroatoms. The van der Waals surface area contributed by atoms with Gasteiger partial charge in [-0.1, -0.05) is 36.8 Å². The van der Waals surface area contributed by atoms with E-state index in [2.05, 4.69) is 11.4 Å². The van der Waals surface area contributed by atoms with Crippen LogP contribution >= 0.6 is 0 Å². The number of carbonyl (C=O) groups excluding carboxylic acids is 1. The molecule has 0 radical (unpaired) electrons. The molecule has 1 aliphatic carbocycles. The molecule has 2 rings (SSSR count). The molecular formula is C19H27N3O2. The zero-order valence-corrected chi connectivity index (χ0v) is 14.7. The van der Waals surface area contributed by atoms with E-state index in [0.29, 0.717) is 13.1 Å². The Morgan fingerprint density at radius 3 is 2.58 bits per heavy atom. The third-order valence-corrected chi connectivity index (χ3v) is 4.73. The van der Waals surface area contributed by atoms with Crippen molar-refractivity contribution < 1.29 is 9.90 Å². The number of aryl methyl sites for hydroxylation is 1. The molecule has 1 saturated carbocycles. The van der Waals surface area contributed by atoms with Crippen molar-refractivity contribution in [3.05, 3.63) is 35.4 Å². The lowest BCUT2D eigenvalue weighted by molar-refractivity contribution is -0.123. The van der Waals surface area contributed by atoms with Crippen molar-refractivity contribution in [3.63, 3.8) is 0 Å². The number of hydrogen-bond donors (Lipinski definition) is 2. The number of nitriles is 1. The first kappa shape index (κ1) is 18.4. The number of carbonyl (C=O) groups is 1. The van der Waals surface area contributed by atoms with Crippen molar-refractivity contribution in [2.24, 2.45) is 5.92 Å². The van der Waals surface area contributed by atoms with E-state index in [4.69, 9.17) is 0 Å². The van der Waals surface area contributed by atoms with Gasteiger partial charge in [0, 0.05) is 6.54 Å². The van der Waals surface area contributed by atoms with Crippen molar-refractivity contribution in [3.8, 4) is 6.07 Å². The van der Waals surface area contributed by atoms with Crippen molar-refractivity contribution in [2.75, 3.05) is 19.6 Å². The smallest absolute Gasteiger partial charge is 0.235 e. The van der Waals surface area contributed by atoms with Crippen LogP contribution in [0, 0.1) is 24.2 Å². The molecule has 24 heavy (non-hydrogen) atoms. The zero-order valence-electron chi connectivity index (χ0n) is 14.7. The highest BCUT2D eigenvalue weighted by molar-refractivity contribution is 5.79. The van der Waals surface area contributed by atoms with Crippen LogP contribution < -0.4 is 5.32 Å². The first-order valence-electron chi connectivity index (χ1n) is 8.57. The van der Waals surface area contributed by atoms with Crippen molar-refractivity contribution in [1.29, 1.82) is 5.26 Å². The SMILES string of the molecule is CCN(CC(=O)NC(C)(C#N)C1CC1)CC(O)c1ccc(C)cc1. The Hall–Kier alpha value is -1.90. The Labute approximate surface area is 144 Å². The summed E-state index contributed by atoms with van der Waals surface area (Å²) in [5.74, 6) is 0.101. The molecule has 0 aliphatic heterocycles. The maximum atomic E-state index is 12.3. The van der Waals surface area contributed by atoms with E-state index in [1.165, 1.54) is 0 Å². The van der Waals surface area contributed by atoms with Gasteiger partial charge < -0.3 is 10.4 Å². The Balaban J connectivity index is 1.90. The van der Waals surface area contributed by atoms with Crippen LogP contribution in [0.3, 0.4) is 0 Å². The average Bonchev–Trinajstić information content (AvgIpc) is 3.39. The molecule has 0 heterocycles. The molecule has 1 aliphatic rings. The van der Waals surface area contributed by atoms with Crippen molar-refractivity contribution in [2.45, 2.75) is 45.3 Å². The number of hydrogen-bond acceptors (Lipinski definition) is 4. The second kappa shape index (κ2) is 7.78. The molecule has 2 N–H and O–H groups in total. The summed E-state index contributed by atoms with van der Waals surface area (Å²) in [6.07, 6.45) is 1.35. The number of likely N-dealkylation sites (N-methyl/N-ethyl adjacent to an activating group) is 1. The minimum Gasteiger partial charge on any atom is -0.387 e. The van der Waals surface area contributed by atoms with Crippen LogP contribution in [0.5, 0.6) is 0 Å². The number of nitrogens with one attached hydrogen (secondary N) is 1. The molecule has 0 spiro atoms. The predicted molar refractivity (Wildman–Crippen MR) is 93.1 cm³/mol. The normalized spacial score (nSPS) is 17.8. The third kappa shape index (κ3) is 4.80. The number of rotatable bonds is 8. The van der Waals surface area contributed by atoms with Crippen LogP contribution in [-0.4, -0.2) is 41.1 Å². The van der Waals surface area contributed by atoms with Crippen molar-refractivity contribution in [1.82, 2.24) is 10.2 Å². The van der Waals surface area contributed by atoms with Gasteiger partial charge in [-0.25, -0.2) is 0 Å². The molecule has 0 bridgehead atoms. The van der Waals surface area contributed by atoms with E-state index in [1.807, 2.05) is 43.0 Å². The monoisotopic (exact) mass is 329 g/mol. The van der Waals surface area contributed by atoms with Gasteiger partial charge in [0.05, 0.1) is 18.7 Å². The van der Waals surface area contributed by atoms with E-state index in [-0.39, 0.29) is 18.4 Å². The minimum atomic E-state index is -0.772. The summed E-state index contributed by atoms with van der Waals surface area (Å²) in [5, 5.41) is 22.6. The molecule has 130 valence electrons. The first-order valence-corrected chi connectivity index (χ1v) is 8.57. The average molecular weight is 329 g/mol. The largest absolute Gasteiger partial charge is 0.387 e. The topological polar surface area (TPSA) is 76.4 Å². The Kier molecular flexibility index (Phi) is 5.98. The van der Waals surface area contributed by atoms with E-state index >= 15 is 0 Å². The second-order valence-corrected chi connectivity index (χ2v) is 6.89. The quantitative estimate of drug-likeness (QED) is 0.766. The molecule has 5 nitrogen and oxygen atoms in total. The Bertz CT molecular complexity index is 604. The second-order valence-electron chi connectivity index (χ2n) is 6.89. The maximum Gasteiger partial charge on any atom is 0.235 e. The number of aliphatic hydroxyl groups is 1. The summed E-state index contributed by atoms with van der Waals surface area (Å²) in [4.78, 5) is 14.2. The van der Waals surface area contributed by atoms with Gasteiger partial charge in [-0.3, -0.25) is 9.69 Å². The lowest BCUT2D eigenvalue weighted by atomic mass is 9.98. The molecule has 1 aromatic carbocycles. The maximum absolute atomic E-state index is 12.3. The summed E-state index contributed by atoms with van der Waals surface area (Å²) < 4.78 is 0. The molecular weight excluding hydrogens is 302 g/mol. The number of benzene rings is 1. The highest BCUT2D eigenvalue weighted by Crippen LogP contribution is 2.39. The lowest BCUT2D eigenvalue weighted by Gasteiger charge is -2.27. The fourth-order valence-electron chi connectivity index (χ4n) is 2.86. The Morgan fingerprint density at radius 2 is 2.08 bits per heavy atom. The van der Waals surface area contributed by atoms with Crippen LogP contribution in [0.25, 0.3) is 0 Å². The van der Waals surface area contributed by atoms with Gasteiger partial charge in [0.2, 0.25) is 5.91 Å². The summed E-state index contributed by atoms with van der Waals surface area (Å²) in [5.41, 5.74) is 1.22. The van der Waals surface area contributed by atoms with E-state index in [1.54, 1.807) is 6.92 Å². The first-order chi connectivity index (χ1) is 11.4. The van der Waals surface area contributed by atoms with E-state index in [9.17, 15) is 15.2 Å². The number of aliphatic hydroxyl groups excluding tert-OH is 1. The number of amides is 1. The molecule has 2 atom stereocenters. The third-order valence-electron chi connectivity index (χ3n) is 4.73. The summed E-state index contributed by atoms with van der Waals surface area (Å²) in [7, 11) is 0. The summed E-state index contributed by atoms with van der Waals surface area (Å²) >= 11 is 0. The molecule has 1 fully saturated rings. The van der Waals surface area contributed by atoms with Crippen LogP contribution in [0.4, 0.5) is 0 Å². The molecule has 1 amide bonds. The standard InChI is InChI=1S/C19H27N3O2/c1-4-22(11-17(23)15-7-5-14(2)6-8-15)12-18(24)21-19(3,13-20)16-9-10-16/h5-8,16-17,23H,4,9-12H2,1-3H3,(H,21,24). The molecule has 0 aromatic heterocycles. The summed E-state index contributed by atoms with van der Waals surface area (Å²) in [6, 6.07) is 9.99. The van der Waals surface area contributed by atoms with Crippen molar-refractivity contribution >= 4 is 5.91 Å². The molecule has 2 unspecified atom stereocenters. The minimum absolute atomic E-state index is 0.163. The van der Waals surface area contributed by atoms with Gasteiger partial charge in [0.25, 0.3) is 0 Å². The van der Waals surface area contributed by atoms with E-state index < -0.39 is 11.6 Å². The van der Waals surface area contributed by atoms with Gasteiger partial charge in [-0.2, -0.15) is 5.26 Å². The van der Waals surface area contributed by atoms with Gasteiger partial charge in [0.15, 0.2) is 0 Å². The Morgan fingerprint density at radius 1 is 1.46 bits per heavy atom. The highest BCUT2D eigenvalue weighted by Gasteiger charge is 2.43. The highest BCUT2D eigenvalue weighted by atomic mass is 16.3. The van der Waals surface area contributed by atoms with E-state index in [0.717, 1.165) is 24.0 Å². The number of nitrogens with zero attached hydrogens (tertiary/aromatic N) is 2. The van der Waals surface area contributed by atoms with Crippen LogP contribution in [0.15, 0.2) is 24.3 Å².